The molecule has 0 spiro atoms. The van der Waals surface area contributed by atoms with Crippen LogP contribution in [0.2, 0.25) is 0 Å². The van der Waals surface area contributed by atoms with E-state index in [1.54, 1.807) is 0 Å². The highest BCUT2D eigenvalue weighted by molar-refractivity contribution is 4.58. The second kappa shape index (κ2) is 47.1. The molecule has 7 heteroatoms. The Morgan fingerprint density at radius 1 is 0.444 bits per heavy atom. The van der Waals surface area contributed by atoms with E-state index in [-0.39, 0.29) is 19.5 Å². The van der Waals surface area contributed by atoms with E-state index in [2.05, 4.69) is 13.8 Å². The van der Waals surface area contributed by atoms with E-state index >= 15 is 0 Å². The summed E-state index contributed by atoms with van der Waals surface area (Å²) < 4.78 is 22.0. The van der Waals surface area contributed by atoms with Gasteiger partial charge in [-0.15, -0.1) is 0 Å². The van der Waals surface area contributed by atoms with Crippen molar-refractivity contribution in [2.45, 2.75) is 257 Å². The van der Waals surface area contributed by atoms with Crippen LogP contribution in [0.4, 0.5) is 0 Å². The first kappa shape index (κ1) is 53.7. The summed E-state index contributed by atoms with van der Waals surface area (Å²) in [6, 6.07) is 0. The number of hydrogen-bond acceptors (Lipinski definition) is 7. The van der Waals surface area contributed by atoms with E-state index in [4.69, 9.17) is 29.2 Å². The molecule has 1 aliphatic rings. The summed E-state index contributed by atoms with van der Waals surface area (Å²) in [4.78, 5) is 0. The largest absolute Gasteiger partial charge is 0.394 e. The first-order valence-electron chi connectivity index (χ1n) is 24.0. The third-order valence-electron chi connectivity index (χ3n) is 10.7. The molecule has 1 heterocycles. The van der Waals surface area contributed by atoms with Crippen LogP contribution in [0.25, 0.3) is 0 Å². The first-order chi connectivity index (χ1) is 26.6. The van der Waals surface area contributed by atoms with E-state index < -0.39 is 12.2 Å². The highest BCUT2D eigenvalue weighted by atomic mass is 16.7. The van der Waals surface area contributed by atoms with Crippen LogP contribution in [0.1, 0.15) is 239 Å². The van der Waals surface area contributed by atoms with Crippen molar-refractivity contribution in [3.05, 3.63) is 0 Å². The quantitative estimate of drug-likeness (QED) is 0.0532. The molecule has 3 N–H and O–H groups in total. The molecule has 0 aromatic rings. The smallest absolute Gasteiger partial charge is 0.157 e. The molecule has 1 saturated heterocycles. The Hall–Kier alpha value is -0.280. The fourth-order valence-electron chi connectivity index (χ4n) is 7.11. The Bertz CT molecular complexity index is 660. The Kier molecular flexibility index (Phi) is 46.9. The van der Waals surface area contributed by atoms with Crippen molar-refractivity contribution in [1.29, 1.82) is 0 Å². The summed E-state index contributed by atoms with van der Waals surface area (Å²) in [5, 5.41) is 27.7. The molecule has 1 rings (SSSR count). The Morgan fingerprint density at radius 3 is 1.09 bits per heavy atom. The van der Waals surface area contributed by atoms with E-state index in [0.29, 0.717) is 19.8 Å². The summed E-state index contributed by atoms with van der Waals surface area (Å²) in [5.41, 5.74) is 0. The normalized spacial score (nSPS) is 15.6. The van der Waals surface area contributed by atoms with Gasteiger partial charge in [-0.25, -0.2) is 0 Å². The van der Waals surface area contributed by atoms with Crippen molar-refractivity contribution in [3.8, 4) is 0 Å². The third kappa shape index (κ3) is 44.4. The van der Waals surface area contributed by atoms with Gasteiger partial charge < -0.3 is 34.3 Å². The zero-order valence-corrected chi connectivity index (χ0v) is 36.4. The second-order valence-corrected chi connectivity index (χ2v) is 16.4. The maximum atomic E-state index is 9.91. The Labute approximate surface area is 336 Å². The molecule has 3 atom stereocenters. The highest BCUT2D eigenvalue weighted by Gasteiger charge is 2.16. The van der Waals surface area contributed by atoms with Gasteiger partial charge in [-0.05, 0) is 32.1 Å². The van der Waals surface area contributed by atoms with Crippen LogP contribution in [0.5, 0.6) is 0 Å². The van der Waals surface area contributed by atoms with Gasteiger partial charge in [0, 0.05) is 19.8 Å². The van der Waals surface area contributed by atoms with Crippen LogP contribution in [-0.4, -0.2) is 80.1 Å². The minimum atomic E-state index is -0.717. The average Bonchev–Trinajstić information content (AvgIpc) is 3.19. The zero-order valence-electron chi connectivity index (χ0n) is 36.4. The molecule has 7 nitrogen and oxygen atoms in total. The van der Waals surface area contributed by atoms with Gasteiger partial charge in [0.1, 0.15) is 12.2 Å². The van der Waals surface area contributed by atoms with Gasteiger partial charge >= 0.3 is 0 Å². The molecule has 1 unspecified atom stereocenters. The van der Waals surface area contributed by atoms with E-state index in [0.717, 1.165) is 45.3 Å². The van der Waals surface area contributed by atoms with Crippen LogP contribution >= 0.6 is 0 Å². The van der Waals surface area contributed by atoms with Crippen molar-refractivity contribution < 1.29 is 34.3 Å². The summed E-state index contributed by atoms with van der Waals surface area (Å²) >= 11 is 0. The van der Waals surface area contributed by atoms with E-state index in [1.165, 1.54) is 193 Å². The molecule has 0 aromatic heterocycles. The lowest BCUT2D eigenvalue weighted by Gasteiger charge is -2.23. The standard InChI is InChI=1S/C26H52O4.C21H44O3/c1-2-3-4-5-6-7-8-9-10-11-12-13-14-15-16-18-21-28-23-25(27)24-30-26-20-17-19-22-29-26;1-2-3-4-5-6-7-8-9-10-11-12-13-14-15-16-17-18-24-20-21(23)19-22/h25-27H,2-24H2,1H3;21-23H,2-20H2,1H3/t25-,26?;21-/m10/s1. The van der Waals surface area contributed by atoms with Crippen molar-refractivity contribution in [3.63, 3.8) is 0 Å². The van der Waals surface area contributed by atoms with E-state index in [9.17, 15) is 5.11 Å². The lowest BCUT2D eigenvalue weighted by atomic mass is 10.0. The van der Waals surface area contributed by atoms with Gasteiger partial charge in [-0.3, -0.25) is 0 Å². The molecule has 326 valence electrons. The van der Waals surface area contributed by atoms with Crippen LogP contribution in [0, 0.1) is 0 Å². The van der Waals surface area contributed by atoms with Gasteiger partial charge in [0.2, 0.25) is 0 Å². The Morgan fingerprint density at radius 2 is 0.778 bits per heavy atom. The van der Waals surface area contributed by atoms with Crippen molar-refractivity contribution >= 4 is 0 Å². The van der Waals surface area contributed by atoms with Crippen molar-refractivity contribution in [1.82, 2.24) is 0 Å². The van der Waals surface area contributed by atoms with Gasteiger partial charge in [0.05, 0.1) is 26.4 Å². The molecular weight excluding hydrogens is 677 g/mol. The lowest BCUT2D eigenvalue weighted by molar-refractivity contribution is -0.179. The van der Waals surface area contributed by atoms with Crippen LogP contribution < -0.4 is 0 Å². The number of aliphatic hydroxyl groups excluding tert-OH is 3. The topological polar surface area (TPSA) is 97.6 Å². The minimum Gasteiger partial charge on any atom is -0.394 e. The predicted molar refractivity (Wildman–Crippen MR) is 229 cm³/mol. The summed E-state index contributed by atoms with van der Waals surface area (Å²) in [6.07, 6.45) is 45.9. The summed E-state index contributed by atoms with van der Waals surface area (Å²) in [7, 11) is 0. The number of rotatable bonds is 42. The van der Waals surface area contributed by atoms with Gasteiger partial charge in [0.25, 0.3) is 0 Å². The number of ether oxygens (including phenoxy) is 4. The number of aliphatic hydroxyl groups is 3. The Balaban J connectivity index is 0.00000107. The minimum absolute atomic E-state index is 0.131. The molecule has 0 bridgehead atoms. The molecular formula is C47H96O7. The van der Waals surface area contributed by atoms with Crippen LogP contribution in [0.3, 0.4) is 0 Å². The molecule has 1 aliphatic heterocycles. The molecule has 0 radical (unpaired) electrons. The van der Waals surface area contributed by atoms with Crippen LogP contribution in [-0.2, 0) is 18.9 Å². The average molecular weight is 773 g/mol. The monoisotopic (exact) mass is 773 g/mol. The van der Waals surface area contributed by atoms with Gasteiger partial charge in [-0.2, -0.15) is 0 Å². The third-order valence-corrected chi connectivity index (χ3v) is 10.7. The van der Waals surface area contributed by atoms with Crippen LogP contribution in [0.15, 0.2) is 0 Å². The van der Waals surface area contributed by atoms with Gasteiger partial charge in [0.15, 0.2) is 6.29 Å². The fraction of sp³-hybridized carbons (Fsp3) is 1.00. The van der Waals surface area contributed by atoms with Crippen molar-refractivity contribution in [2.75, 3.05) is 46.2 Å². The highest BCUT2D eigenvalue weighted by Crippen LogP contribution is 2.16. The predicted octanol–water partition coefficient (Wildman–Crippen LogP) is 12.8. The lowest BCUT2D eigenvalue weighted by Crippen LogP contribution is -2.29. The molecule has 0 aromatic carbocycles. The zero-order chi connectivity index (χ0) is 39.3. The second-order valence-electron chi connectivity index (χ2n) is 16.4. The maximum Gasteiger partial charge on any atom is 0.157 e. The van der Waals surface area contributed by atoms with E-state index in [1.807, 2.05) is 0 Å². The number of unbranched alkanes of at least 4 members (excludes halogenated alkanes) is 30. The summed E-state index contributed by atoms with van der Waals surface area (Å²) in [6.45, 7) is 7.51. The number of hydrogen-bond donors (Lipinski definition) is 3. The molecule has 0 amide bonds. The molecule has 0 aliphatic carbocycles. The molecule has 0 saturated carbocycles. The summed E-state index contributed by atoms with van der Waals surface area (Å²) in [5.74, 6) is 0. The first-order valence-corrected chi connectivity index (χ1v) is 24.0. The fourth-order valence-corrected chi connectivity index (χ4v) is 7.11. The van der Waals surface area contributed by atoms with Crippen molar-refractivity contribution in [2.24, 2.45) is 0 Å². The molecule has 1 fully saturated rings. The maximum absolute atomic E-state index is 9.91. The SMILES string of the molecule is CCCCCCCCCCCCCCCCCCOC[C@@H](O)CO.CCCCCCCCCCCCCCCCCCOC[C@@H](O)COC1CCCCO1. The van der Waals surface area contributed by atoms with Gasteiger partial charge in [-0.1, -0.05) is 206 Å². The molecule has 54 heavy (non-hydrogen) atoms.